The summed E-state index contributed by atoms with van der Waals surface area (Å²) in [6.07, 6.45) is 1.95. The number of pyridine rings is 1. The Morgan fingerprint density at radius 1 is 1.14 bits per heavy atom. The molecule has 0 spiro atoms. The smallest absolute Gasteiger partial charge is 0.250 e. The Morgan fingerprint density at radius 2 is 1.86 bits per heavy atom. The van der Waals surface area contributed by atoms with Crippen LogP contribution in [-0.2, 0) is 11.3 Å². The van der Waals surface area contributed by atoms with E-state index < -0.39 is 0 Å². The highest BCUT2D eigenvalue weighted by Gasteiger charge is 2.04. The normalized spacial score (nSPS) is 10.2. The number of rotatable bonds is 5. The first-order valence-electron chi connectivity index (χ1n) is 6.79. The van der Waals surface area contributed by atoms with Crippen LogP contribution in [-0.4, -0.2) is 24.6 Å². The van der Waals surface area contributed by atoms with E-state index in [0.717, 1.165) is 11.4 Å². The Morgan fingerprint density at radius 3 is 2.48 bits per heavy atom. The third-order valence-electron chi connectivity index (χ3n) is 3.15. The highest BCUT2D eigenvalue weighted by molar-refractivity contribution is 5.90. The zero-order valence-electron chi connectivity index (χ0n) is 12.2. The van der Waals surface area contributed by atoms with Gasteiger partial charge in [-0.1, -0.05) is 6.07 Å². The number of amides is 1. The van der Waals surface area contributed by atoms with E-state index in [-0.39, 0.29) is 17.9 Å². The summed E-state index contributed by atoms with van der Waals surface area (Å²) in [7, 11) is 3.93. The van der Waals surface area contributed by atoms with Crippen molar-refractivity contribution in [2.45, 2.75) is 13.0 Å². The number of hydrogen-bond donors (Lipinski definition) is 1. The second kappa shape index (κ2) is 6.74. The van der Waals surface area contributed by atoms with E-state index in [0.29, 0.717) is 6.54 Å². The number of nitrogens with zero attached hydrogens (tertiary/aromatic N) is 2. The summed E-state index contributed by atoms with van der Waals surface area (Å²) < 4.78 is 1.52. The molecule has 1 aromatic heterocycles. The number of benzene rings is 1. The van der Waals surface area contributed by atoms with Crippen LogP contribution in [0.1, 0.15) is 6.42 Å². The van der Waals surface area contributed by atoms with Gasteiger partial charge in [0, 0.05) is 50.7 Å². The van der Waals surface area contributed by atoms with Gasteiger partial charge in [-0.2, -0.15) is 0 Å². The van der Waals surface area contributed by atoms with Crippen LogP contribution in [0.4, 0.5) is 11.4 Å². The number of aryl methyl sites for hydroxylation is 1. The predicted octanol–water partition coefficient (Wildman–Crippen LogP) is 1.94. The molecule has 0 atom stereocenters. The molecule has 1 aromatic carbocycles. The molecule has 0 radical (unpaired) electrons. The van der Waals surface area contributed by atoms with Crippen LogP contribution in [0.2, 0.25) is 0 Å². The molecule has 1 N–H and O–H groups in total. The summed E-state index contributed by atoms with van der Waals surface area (Å²) in [5, 5.41) is 2.82. The molecule has 1 heterocycles. The lowest BCUT2D eigenvalue weighted by Gasteiger charge is -2.13. The Bertz CT molecular complexity index is 660. The van der Waals surface area contributed by atoms with Crippen molar-refractivity contribution >= 4 is 17.3 Å². The van der Waals surface area contributed by atoms with Crippen molar-refractivity contribution in [3.8, 4) is 0 Å². The summed E-state index contributed by atoms with van der Waals surface area (Å²) in [6, 6.07) is 12.6. The molecule has 5 heteroatoms. The van der Waals surface area contributed by atoms with E-state index in [1.807, 2.05) is 43.3 Å². The first-order valence-corrected chi connectivity index (χ1v) is 6.79. The summed E-state index contributed by atoms with van der Waals surface area (Å²) in [5.74, 6) is -0.108. The Labute approximate surface area is 123 Å². The maximum Gasteiger partial charge on any atom is 0.250 e. The molecular weight excluding hydrogens is 266 g/mol. The molecule has 1 amide bonds. The van der Waals surface area contributed by atoms with Crippen molar-refractivity contribution in [1.82, 2.24) is 4.57 Å². The topological polar surface area (TPSA) is 54.3 Å². The molecule has 0 fully saturated rings. The van der Waals surface area contributed by atoms with Crippen LogP contribution in [0.25, 0.3) is 0 Å². The Kier molecular flexibility index (Phi) is 4.77. The van der Waals surface area contributed by atoms with E-state index in [9.17, 15) is 9.59 Å². The van der Waals surface area contributed by atoms with Crippen molar-refractivity contribution < 1.29 is 4.79 Å². The van der Waals surface area contributed by atoms with Gasteiger partial charge in [0.15, 0.2) is 0 Å². The lowest BCUT2D eigenvalue weighted by Crippen LogP contribution is -2.21. The van der Waals surface area contributed by atoms with Gasteiger partial charge in [0.25, 0.3) is 5.56 Å². The third kappa shape index (κ3) is 4.21. The van der Waals surface area contributed by atoms with Crippen LogP contribution in [0.15, 0.2) is 53.5 Å². The highest BCUT2D eigenvalue weighted by Crippen LogP contribution is 2.15. The fourth-order valence-electron chi connectivity index (χ4n) is 1.93. The fraction of sp³-hybridized carbons (Fsp3) is 0.250. The SMILES string of the molecule is CN(C)c1ccc(NC(=O)CCn2ccccc2=O)cc1. The van der Waals surface area contributed by atoms with Gasteiger partial charge in [-0.25, -0.2) is 0 Å². The molecule has 2 rings (SSSR count). The van der Waals surface area contributed by atoms with Crippen LogP contribution < -0.4 is 15.8 Å². The Balaban J connectivity index is 1.90. The number of anilines is 2. The minimum Gasteiger partial charge on any atom is -0.378 e. The van der Waals surface area contributed by atoms with Gasteiger partial charge >= 0.3 is 0 Å². The van der Waals surface area contributed by atoms with Crippen LogP contribution in [0.3, 0.4) is 0 Å². The number of nitrogens with one attached hydrogen (secondary N) is 1. The maximum atomic E-state index is 11.9. The molecule has 110 valence electrons. The van der Waals surface area contributed by atoms with Gasteiger partial charge in [-0.3, -0.25) is 9.59 Å². The number of carbonyl (C=O) groups is 1. The lowest BCUT2D eigenvalue weighted by atomic mass is 10.2. The van der Waals surface area contributed by atoms with E-state index in [1.54, 1.807) is 18.3 Å². The first kappa shape index (κ1) is 14.8. The lowest BCUT2D eigenvalue weighted by molar-refractivity contribution is -0.116. The van der Waals surface area contributed by atoms with Gasteiger partial charge in [0.05, 0.1) is 0 Å². The second-order valence-electron chi connectivity index (χ2n) is 4.97. The monoisotopic (exact) mass is 285 g/mol. The largest absolute Gasteiger partial charge is 0.378 e. The minimum absolute atomic E-state index is 0.0966. The highest BCUT2D eigenvalue weighted by atomic mass is 16.1. The summed E-state index contributed by atoms with van der Waals surface area (Å²) in [5.41, 5.74) is 1.73. The van der Waals surface area contributed by atoms with Crippen LogP contribution in [0, 0.1) is 0 Å². The van der Waals surface area contributed by atoms with Crippen molar-refractivity contribution in [2.75, 3.05) is 24.3 Å². The third-order valence-corrected chi connectivity index (χ3v) is 3.15. The fourth-order valence-corrected chi connectivity index (χ4v) is 1.93. The predicted molar refractivity (Wildman–Crippen MR) is 84.7 cm³/mol. The van der Waals surface area contributed by atoms with Gasteiger partial charge in [-0.05, 0) is 30.3 Å². The van der Waals surface area contributed by atoms with Gasteiger partial charge in [0.2, 0.25) is 5.91 Å². The van der Waals surface area contributed by atoms with E-state index in [4.69, 9.17) is 0 Å². The average molecular weight is 285 g/mol. The molecule has 2 aromatic rings. The Hall–Kier alpha value is -2.56. The van der Waals surface area contributed by atoms with E-state index in [2.05, 4.69) is 5.32 Å². The second-order valence-corrected chi connectivity index (χ2v) is 4.97. The molecular formula is C16H19N3O2. The van der Waals surface area contributed by atoms with Gasteiger partial charge < -0.3 is 14.8 Å². The van der Waals surface area contributed by atoms with E-state index >= 15 is 0 Å². The summed E-state index contributed by atoms with van der Waals surface area (Å²) in [4.78, 5) is 25.4. The molecule has 0 aliphatic rings. The van der Waals surface area contributed by atoms with Crippen molar-refractivity contribution in [2.24, 2.45) is 0 Å². The molecule has 0 bridgehead atoms. The molecule has 0 saturated carbocycles. The van der Waals surface area contributed by atoms with Crippen molar-refractivity contribution in [3.05, 3.63) is 59.0 Å². The molecule has 0 saturated heterocycles. The molecule has 0 aliphatic carbocycles. The molecule has 0 aliphatic heterocycles. The summed E-state index contributed by atoms with van der Waals surface area (Å²) in [6.45, 7) is 0.376. The standard InChI is InChI=1S/C16H19N3O2/c1-18(2)14-8-6-13(7-9-14)17-15(20)10-12-19-11-4-3-5-16(19)21/h3-9,11H,10,12H2,1-2H3,(H,17,20). The van der Waals surface area contributed by atoms with Gasteiger partial charge in [-0.15, -0.1) is 0 Å². The molecule has 0 unspecified atom stereocenters. The number of carbonyl (C=O) groups excluding carboxylic acids is 1. The van der Waals surface area contributed by atoms with Crippen LogP contribution in [0.5, 0.6) is 0 Å². The zero-order chi connectivity index (χ0) is 15.2. The van der Waals surface area contributed by atoms with Crippen molar-refractivity contribution in [1.29, 1.82) is 0 Å². The maximum absolute atomic E-state index is 11.9. The minimum atomic E-state index is -0.108. The van der Waals surface area contributed by atoms with E-state index in [1.165, 1.54) is 10.6 Å². The van der Waals surface area contributed by atoms with Crippen molar-refractivity contribution in [3.63, 3.8) is 0 Å². The molecule has 5 nitrogen and oxygen atoms in total. The summed E-state index contributed by atoms with van der Waals surface area (Å²) >= 11 is 0. The zero-order valence-corrected chi connectivity index (χ0v) is 12.2. The average Bonchev–Trinajstić information content (AvgIpc) is 2.47. The van der Waals surface area contributed by atoms with Gasteiger partial charge in [0.1, 0.15) is 0 Å². The first-order chi connectivity index (χ1) is 10.1. The quantitative estimate of drug-likeness (QED) is 0.913. The van der Waals surface area contributed by atoms with Crippen LogP contribution >= 0.6 is 0 Å². The molecule has 21 heavy (non-hydrogen) atoms. The number of hydrogen-bond acceptors (Lipinski definition) is 3. The number of aromatic nitrogens is 1.